The minimum atomic E-state index is -0.505. The smallest absolute Gasteiger partial charge is 0.269 e. The highest BCUT2D eigenvalue weighted by atomic mass is 19.1. The van der Waals surface area contributed by atoms with Crippen LogP contribution in [0.15, 0.2) is 103 Å². The molecule has 1 aliphatic heterocycles. The highest BCUT2D eigenvalue weighted by molar-refractivity contribution is 6.09. The molecular formula is C30H24FN3O4. The van der Waals surface area contributed by atoms with Gasteiger partial charge in [0.15, 0.2) is 0 Å². The van der Waals surface area contributed by atoms with Crippen molar-refractivity contribution < 1.29 is 18.9 Å². The van der Waals surface area contributed by atoms with Crippen molar-refractivity contribution >= 4 is 28.9 Å². The molecule has 4 aromatic carbocycles. The first-order valence-corrected chi connectivity index (χ1v) is 12.2. The number of benzene rings is 4. The second kappa shape index (κ2) is 10.3. The highest BCUT2D eigenvalue weighted by Crippen LogP contribution is 2.43. The van der Waals surface area contributed by atoms with Gasteiger partial charge in [-0.15, -0.1) is 0 Å². The largest absolute Gasteiger partial charge is 0.305 e. The first kappa shape index (κ1) is 24.8. The lowest BCUT2D eigenvalue weighted by atomic mass is 9.89. The molecular weight excluding hydrogens is 485 g/mol. The van der Waals surface area contributed by atoms with Gasteiger partial charge in [0.05, 0.1) is 11.0 Å². The SMILES string of the molecule is C[C@@H]1C[C@H](N(C(=O)c2ccc([N+](=O)[O-])cc2)c2ccccc2)c2ccccc2N1C(=O)c1ccc(F)cc1. The number of amides is 2. The van der Waals surface area contributed by atoms with Gasteiger partial charge in [0.25, 0.3) is 17.5 Å². The van der Waals surface area contributed by atoms with Crippen molar-refractivity contribution in [1.82, 2.24) is 0 Å². The van der Waals surface area contributed by atoms with Crippen molar-refractivity contribution in [3.05, 3.63) is 136 Å². The molecule has 0 fully saturated rings. The quantitative estimate of drug-likeness (QED) is 0.225. The van der Waals surface area contributed by atoms with E-state index in [0.29, 0.717) is 28.9 Å². The summed E-state index contributed by atoms with van der Waals surface area (Å²) in [5.41, 5.74) is 2.71. The average Bonchev–Trinajstić information content (AvgIpc) is 2.94. The molecule has 38 heavy (non-hydrogen) atoms. The van der Waals surface area contributed by atoms with Crippen LogP contribution in [-0.4, -0.2) is 22.8 Å². The van der Waals surface area contributed by atoms with Gasteiger partial charge in [-0.2, -0.15) is 0 Å². The van der Waals surface area contributed by atoms with E-state index in [1.807, 2.05) is 61.5 Å². The number of hydrogen-bond donors (Lipinski definition) is 0. The van der Waals surface area contributed by atoms with Crippen molar-refractivity contribution in [3.8, 4) is 0 Å². The van der Waals surface area contributed by atoms with E-state index in [-0.39, 0.29) is 23.5 Å². The topological polar surface area (TPSA) is 83.8 Å². The maximum absolute atomic E-state index is 14.0. The lowest BCUT2D eigenvalue weighted by molar-refractivity contribution is -0.384. The maximum atomic E-state index is 14.0. The van der Waals surface area contributed by atoms with Gasteiger partial charge in [0, 0.05) is 40.7 Å². The molecule has 0 aromatic heterocycles. The number of non-ortho nitro benzene ring substituents is 1. The van der Waals surface area contributed by atoms with Crippen LogP contribution in [0.25, 0.3) is 0 Å². The number of carbonyl (C=O) groups is 2. The van der Waals surface area contributed by atoms with Gasteiger partial charge in [0.2, 0.25) is 0 Å². The second-order valence-corrected chi connectivity index (χ2v) is 9.16. The molecule has 0 spiro atoms. The Morgan fingerprint density at radius 1 is 0.868 bits per heavy atom. The summed E-state index contributed by atoms with van der Waals surface area (Å²) in [6, 6.07) is 27.0. The fourth-order valence-corrected chi connectivity index (χ4v) is 4.96. The predicted octanol–water partition coefficient (Wildman–Crippen LogP) is 6.56. The van der Waals surface area contributed by atoms with E-state index in [1.165, 1.54) is 48.5 Å². The van der Waals surface area contributed by atoms with Crippen LogP contribution in [0.1, 0.15) is 45.7 Å². The average molecular weight is 510 g/mol. The Hall–Kier alpha value is -4.85. The Morgan fingerprint density at radius 3 is 2.13 bits per heavy atom. The van der Waals surface area contributed by atoms with E-state index in [2.05, 4.69) is 0 Å². The molecule has 1 heterocycles. The highest BCUT2D eigenvalue weighted by Gasteiger charge is 2.39. The molecule has 0 N–H and O–H groups in total. The summed E-state index contributed by atoms with van der Waals surface area (Å²) in [6.07, 6.45) is 0.442. The number of anilines is 2. The third-order valence-corrected chi connectivity index (χ3v) is 6.76. The Kier molecular flexibility index (Phi) is 6.70. The summed E-state index contributed by atoms with van der Waals surface area (Å²) in [5, 5.41) is 11.1. The van der Waals surface area contributed by atoms with Crippen LogP contribution < -0.4 is 9.80 Å². The second-order valence-electron chi connectivity index (χ2n) is 9.16. The van der Waals surface area contributed by atoms with Gasteiger partial charge in [-0.25, -0.2) is 4.39 Å². The molecule has 0 saturated heterocycles. The molecule has 0 aliphatic carbocycles. The van der Waals surface area contributed by atoms with Gasteiger partial charge < -0.3 is 9.80 Å². The van der Waals surface area contributed by atoms with E-state index in [1.54, 1.807) is 9.80 Å². The summed E-state index contributed by atoms with van der Waals surface area (Å²) in [4.78, 5) is 41.5. The van der Waals surface area contributed by atoms with E-state index in [0.717, 1.165) is 5.56 Å². The number of hydrogen-bond acceptors (Lipinski definition) is 4. The monoisotopic (exact) mass is 509 g/mol. The number of halogens is 1. The predicted molar refractivity (Wildman–Crippen MR) is 143 cm³/mol. The van der Waals surface area contributed by atoms with Crippen LogP contribution in [0, 0.1) is 15.9 Å². The lowest BCUT2D eigenvalue weighted by Crippen LogP contribution is -2.47. The van der Waals surface area contributed by atoms with E-state index in [4.69, 9.17) is 0 Å². The van der Waals surface area contributed by atoms with Gasteiger partial charge in [-0.3, -0.25) is 19.7 Å². The molecule has 190 valence electrons. The molecule has 0 radical (unpaired) electrons. The molecule has 8 heteroatoms. The van der Waals surface area contributed by atoms with Crippen molar-refractivity contribution in [2.75, 3.05) is 9.80 Å². The normalized spacial score (nSPS) is 16.4. The van der Waals surface area contributed by atoms with Gasteiger partial charge >= 0.3 is 0 Å². The van der Waals surface area contributed by atoms with Crippen molar-refractivity contribution in [1.29, 1.82) is 0 Å². The summed E-state index contributed by atoms with van der Waals surface area (Å²) in [6.45, 7) is 1.92. The standard InChI is InChI=1S/C30H24FN3O4/c1-20-19-28(26-9-5-6-10-27(26)32(20)29(35)21-11-15-23(31)16-12-21)33(24-7-3-2-4-8-24)30(36)22-13-17-25(18-14-22)34(37)38/h2-18,20,28H,19H2,1H3/t20-,28+/m1/s1. The third-order valence-electron chi connectivity index (χ3n) is 6.76. The van der Waals surface area contributed by atoms with E-state index < -0.39 is 16.8 Å². The molecule has 0 unspecified atom stereocenters. The summed E-state index contributed by atoms with van der Waals surface area (Å²) >= 11 is 0. The van der Waals surface area contributed by atoms with Crippen LogP contribution in [0.5, 0.6) is 0 Å². The Bertz CT molecular complexity index is 1490. The Balaban J connectivity index is 1.58. The molecule has 0 saturated carbocycles. The van der Waals surface area contributed by atoms with E-state index in [9.17, 15) is 24.1 Å². The van der Waals surface area contributed by atoms with Crippen molar-refractivity contribution in [3.63, 3.8) is 0 Å². The van der Waals surface area contributed by atoms with Crippen LogP contribution in [0.3, 0.4) is 0 Å². The van der Waals surface area contributed by atoms with Crippen LogP contribution >= 0.6 is 0 Å². The first-order chi connectivity index (χ1) is 18.3. The zero-order valence-electron chi connectivity index (χ0n) is 20.5. The summed E-state index contributed by atoms with van der Waals surface area (Å²) in [7, 11) is 0. The lowest BCUT2D eigenvalue weighted by Gasteiger charge is -2.43. The Morgan fingerprint density at radius 2 is 1.47 bits per heavy atom. The third kappa shape index (κ3) is 4.64. The molecule has 7 nitrogen and oxygen atoms in total. The van der Waals surface area contributed by atoms with Gasteiger partial charge in [-0.05, 0) is 73.5 Å². The fourth-order valence-electron chi connectivity index (χ4n) is 4.96. The molecule has 5 rings (SSSR count). The van der Waals surface area contributed by atoms with Crippen LogP contribution in [0.2, 0.25) is 0 Å². The minimum Gasteiger partial charge on any atom is -0.305 e. The summed E-state index contributed by atoms with van der Waals surface area (Å²) < 4.78 is 13.5. The number of fused-ring (bicyclic) bond motifs is 1. The molecule has 2 amide bonds. The van der Waals surface area contributed by atoms with Gasteiger partial charge in [-0.1, -0.05) is 36.4 Å². The minimum absolute atomic E-state index is 0.0978. The van der Waals surface area contributed by atoms with Crippen LogP contribution in [-0.2, 0) is 0 Å². The number of para-hydroxylation sites is 2. The number of nitrogens with zero attached hydrogens (tertiary/aromatic N) is 3. The molecule has 0 bridgehead atoms. The number of rotatable bonds is 5. The zero-order valence-corrected chi connectivity index (χ0v) is 20.5. The van der Waals surface area contributed by atoms with E-state index >= 15 is 0 Å². The zero-order chi connectivity index (χ0) is 26.8. The maximum Gasteiger partial charge on any atom is 0.269 e. The Labute approximate surface area is 218 Å². The fraction of sp³-hybridized carbons (Fsp3) is 0.133. The van der Waals surface area contributed by atoms with Crippen molar-refractivity contribution in [2.24, 2.45) is 0 Å². The molecule has 1 aliphatic rings. The van der Waals surface area contributed by atoms with Crippen LogP contribution in [0.4, 0.5) is 21.5 Å². The number of nitro groups is 1. The number of carbonyl (C=O) groups excluding carboxylic acids is 2. The first-order valence-electron chi connectivity index (χ1n) is 12.2. The molecule has 2 atom stereocenters. The number of nitro benzene ring substituents is 1. The molecule has 4 aromatic rings. The summed E-state index contributed by atoms with van der Waals surface area (Å²) in [5.74, 6) is -0.982. The van der Waals surface area contributed by atoms with Gasteiger partial charge in [0.1, 0.15) is 5.82 Å². The van der Waals surface area contributed by atoms with Crippen molar-refractivity contribution in [2.45, 2.75) is 25.4 Å².